The standard InChI is InChI=1S/C13H25N3O2/c1-5-8-11(17-7-3)13-15-12(18-16-13)9-10(6-2)14-4/h10-11,14H,5-9H2,1-4H3. The lowest BCUT2D eigenvalue weighted by atomic mass is 10.1. The summed E-state index contributed by atoms with van der Waals surface area (Å²) in [6.07, 6.45) is 3.74. The van der Waals surface area contributed by atoms with E-state index in [0.29, 0.717) is 24.4 Å². The molecule has 5 nitrogen and oxygen atoms in total. The lowest BCUT2D eigenvalue weighted by Gasteiger charge is -2.11. The molecule has 0 aliphatic carbocycles. The first-order valence-corrected chi connectivity index (χ1v) is 6.86. The van der Waals surface area contributed by atoms with E-state index in [4.69, 9.17) is 9.26 Å². The Bertz CT molecular complexity index is 318. The number of ether oxygens (including phenoxy) is 1. The van der Waals surface area contributed by atoms with Crippen LogP contribution in [-0.4, -0.2) is 29.8 Å². The molecule has 1 N–H and O–H groups in total. The molecule has 0 radical (unpaired) electrons. The van der Waals surface area contributed by atoms with Gasteiger partial charge in [-0.05, 0) is 26.8 Å². The predicted octanol–water partition coefficient (Wildman–Crippen LogP) is 2.49. The van der Waals surface area contributed by atoms with Crippen molar-refractivity contribution in [1.29, 1.82) is 0 Å². The molecule has 0 aliphatic rings. The summed E-state index contributed by atoms with van der Waals surface area (Å²) in [6, 6.07) is 0.384. The second-order valence-electron chi connectivity index (χ2n) is 4.38. The molecule has 0 aliphatic heterocycles. The molecule has 0 spiro atoms. The van der Waals surface area contributed by atoms with Gasteiger partial charge in [0.2, 0.25) is 11.7 Å². The summed E-state index contributed by atoms with van der Waals surface area (Å²) in [5.74, 6) is 1.37. The first kappa shape index (κ1) is 15.1. The molecule has 2 atom stereocenters. The van der Waals surface area contributed by atoms with Crippen molar-refractivity contribution >= 4 is 0 Å². The minimum atomic E-state index is -0.0350. The van der Waals surface area contributed by atoms with E-state index in [1.165, 1.54) is 0 Å². The van der Waals surface area contributed by atoms with Crippen LogP contribution in [0.5, 0.6) is 0 Å². The maximum atomic E-state index is 5.64. The second kappa shape index (κ2) is 8.21. The van der Waals surface area contributed by atoms with E-state index < -0.39 is 0 Å². The van der Waals surface area contributed by atoms with Crippen molar-refractivity contribution in [3.63, 3.8) is 0 Å². The van der Waals surface area contributed by atoms with Crippen LogP contribution in [0.4, 0.5) is 0 Å². The van der Waals surface area contributed by atoms with Crippen molar-refractivity contribution < 1.29 is 9.26 Å². The van der Waals surface area contributed by atoms with Gasteiger partial charge in [-0.2, -0.15) is 4.98 Å². The van der Waals surface area contributed by atoms with Crippen molar-refractivity contribution in [2.24, 2.45) is 0 Å². The Morgan fingerprint density at radius 2 is 2.11 bits per heavy atom. The summed E-state index contributed by atoms with van der Waals surface area (Å²) >= 11 is 0. The maximum absolute atomic E-state index is 5.64. The average molecular weight is 255 g/mol. The summed E-state index contributed by atoms with van der Waals surface area (Å²) < 4.78 is 10.9. The second-order valence-corrected chi connectivity index (χ2v) is 4.38. The Balaban J connectivity index is 2.64. The molecule has 104 valence electrons. The lowest BCUT2D eigenvalue weighted by Crippen LogP contribution is -2.26. The molecule has 1 rings (SSSR count). The number of hydrogen-bond donors (Lipinski definition) is 1. The van der Waals surface area contributed by atoms with E-state index in [1.807, 2.05) is 14.0 Å². The van der Waals surface area contributed by atoms with Gasteiger partial charge in [-0.1, -0.05) is 25.4 Å². The molecular weight excluding hydrogens is 230 g/mol. The number of nitrogens with zero attached hydrogens (tertiary/aromatic N) is 2. The van der Waals surface area contributed by atoms with E-state index >= 15 is 0 Å². The molecule has 0 fully saturated rings. The van der Waals surface area contributed by atoms with E-state index in [0.717, 1.165) is 25.7 Å². The minimum Gasteiger partial charge on any atom is -0.370 e. The van der Waals surface area contributed by atoms with Gasteiger partial charge in [0.15, 0.2) is 0 Å². The van der Waals surface area contributed by atoms with Crippen molar-refractivity contribution in [2.75, 3.05) is 13.7 Å². The fraction of sp³-hybridized carbons (Fsp3) is 0.846. The Hall–Kier alpha value is -0.940. The minimum absolute atomic E-state index is 0.0350. The quantitative estimate of drug-likeness (QED) is 0.734. The van der Waals surface area contributed by atoms with Gasteiger partial charge in [0.1, 0.15) is 6.10 Å². The summed E-state index contributed by atoms with van der Waals surface area (Å²) in [7, 11) is 1.95. The zero-order valence-electron chi connectivity index (χ0n) is 11.9. The van der Waals surface area contributed by atoms with Crippen LogP contribution in [0.1, 0.15) is 57.9 Å². The van der Waals surface area contributed by atoms with Gasteiger partial charge in [0.25, 0.3) is 0 Å². The third-order valence-electron chi connectivity index (χ3n) is 3.01. The molecule has 0 saturated carbocycles. The number of aromatic nitrogens is 2. The SMILES string of the molecule is CCCC(OCC)c1noc(CC(CC)NC)n1. The first-order chi connectivity index (χ1) is 8.74. The van der Waals surface area contributed by atoms with Crippen LogP contribution in [0.15, 0.2) is 4.52 Å². The molecule has 1 aromatic rings. The molecule has 0 saturated heterocycles. The van der Waals surface area contributed by atoms with E-state index in [9.17, 15) is 0 Å². The van der Waals surface area contributed by atoms with Crippen LogP contribution in [-0.2, 0) is 11.2 Å². The van der Waals surface area contributed by atoms with Crippen LogP contribution in [0.3, 0.4) is 0 Å². The van der Waals surface area contributed by atoms with Gasteiger partial charge in [-0.15, -0.1) is 0 Å². The van der Waals surface area contributed by atoms with E-state index in [1.54, 1.807) is 0 Å². The highest BCUT2D eigenvalue weighted by Crippen LogP contribution is 2.20. The van der Waals surface area contributed by atoms with Crippen LogP contribution in [0.25, 0.3) is 0 Å². The maximum Gasteiger partial charge on any atom is 0.228 e. The van der Waals surface area contributed by atoms with Crippen molar-refractivity contribution in [3.05, 3.63) is 11.7 Å². The Labute approximate surface area is 109 Å². The van der Waals surface area contributed by atoms with Gasteiger partial charge in [-0.3, -0.25) is 0 Å². The summed E-state index contributed by atoms with van der Waals surface area (Å²) in [6.45, 7) is 6.92. The third kappa shape index (κ3) is 4.38. The van der Waals surface area contributed by atoms with Gasteiger partial charge >= 0.3 is 0 Å². The lowest BCUT2D eigenvalue weighted by molar-refractivity contribution is 0.0477. The van der Waals surface area contributed by atoms with Crippen LogP contribution >= 0.6 is 0 Å². The van der Waals surface area contributed by atoms with Gasteiger partial charge in [0.05, 0.1) is 0 Å². The number of likely N-dealkylation sites (N-methyl/N-ethyl adjacent to an activating group) is 1. The fourth-order valence-corrected chi connectivity index (χ4v) is 1.89. The molecule has 2 unspecified atom stereocenters. The van der Waals surface area contributed by atoms with Crippen molar-refractivity contribution in [1.82, 2.24) is 15.5 Å². The fourth-order valence-electron chi connectivity index (χ4n) is 1.89. The highest BCUT2D eigenvalue weighted by Gasteiger charge is 2.19. The highest BCUT2D eigenvalue weighted by molar-refractivity contribution is 4.93. The van der Waals surface area contributed by atoms with Gasteiger partial charge in [0, 0.05) is 19.1 Å². The van der Waals surface area contributed by atoms with Crippen LogP contribution < -0.4 is 5.32 Å². The third-order valence-corrected chi connectivity index (χ3v) is 3.01. The number of hydrogen-bond acceptors (Lipinski definition) is 5. The Morgan fingerprint density at radius 3 is 2.67 bits per heavy atom. The largest absolute Gasteiger partial charge is 0.370 e. The molecule has 0 amide bonds. The zero-order valence-corrected chi connectivity index (χ0v) is 11.9. The summed E-state index contributed by atoms with van der Waals surface area (Å²) in [5.41, 5.74) is 0. The molecule has 18 heavy (non-hydrogen) atoms. The number of rotatable bonds is 9. The summed E-state index contributed by atoms with van der Waals surface area (Å²) in [4.78, 5) is 4.44. The number of nitrogens with one attached hydrogen (secondary N) is 1. The zero-order chi connectivity index (χ0) is 13.4. The molecule has 1 aromatic heterocycles. The van der Waals surface area contributed by atoms with E-state index in [-0.39, 0.29) is 6.10 Å². The first-order valence-electron chi connectivity index (χ1n) is 6.86. The Morgan fingerprint density at radius 1 is 1.33 bits per heavy atom. The molecular formula is C13H25N3O2. The average Bonchev–Trinajstić information content (AvgIpc) is 2.84. The predicted molar refractivity (Wildman–Crippen MR) is 70.4 cm³/mol. The summed E-state index contributed by atoms with van der Waals surface area (Å²) in [5, 5.41) is 7.27. The molecule has 0 aromatic carbocycles. The topological polar surface area (TPSA) is 60.2 Å². The Kier molecular flexibility index (Phi) is 6.90. The van der Waals surface area contributed by atoms with Gasteiger partial charge in [-0.25, -0.2) is 0 Å². The molecule has 5 heteroatoms. The smallest absolute Gasteiger partial charge is 0.228 e. The van der Waals surface area contributed by atoms with Crippen LogP contribution in [0, 0.1) is 0 Å². The van der Waals surface area contributed by atoms with Gasteiger partial charge < -0.3 is 14.6 Å². The normalized spacial score (nSPS) is 14.7. The monoisotopic (exact) mass is 255 g/mol. The van der Waals surface area contributed by atoms with Crippen LogP contribution in [0.2, 0.25) is 0 Å². The van der Waals surface area contributed by atoms with E-state index in [2.05, 4.69) is 29.3 Å². The molecule has 1 heterocycles. The van der Waals surface area contributed by atoms with Crippen molar-refractivity contribution in [2.45, 2.75) is 58.6 Å². The van der Waals surface area contributed by atoms with Crippen molar-refractivity contribution in [3.8, 4) is 0 Å². The molecule has 0 bridgehead atoms. The highest BCUT2D eigenvalue weighted by atomic mass is 16.5.